The number of ether oxygens (including phenoxy) is 2. The van der Waals surface area contributed by atoms with Crippen LogP contribution in [0.3, 0.4) is 0 Å². The van der Waals surface area contributed by atoms with E-state index < -0.39 is 37.0 Å². The molecule has 0 saturated heterocycles. The summed E-state index contributed by atoms with van der Waals surface area (Å²) in [4.78, 5) is 4.99. The number of hydrogen-bond acceptors (Lipinski definition) is 5. The molecule has 2 unspecified atom stereocenters. The summed E-state index contributed by atoms with van der Waals surface area (Å²) in [5.74, 6) is -0.561. The van der Waals surface area contributed by atoms with Gasteiger partial charge in [0.2, 0.25) is 0 Å². The average Bonchev–Trinajstić information content (AvgIpc) is 2.82. The second-order valence-corrected chi connectivity index (χ2v) is 7.92. The van der Waals surface area contributed by atoms with Crippen LogP contribution in [0, 0.1) is 0 Å². The van der Waals surface area contributed by atoms with Crippen LogP contribution < -0.4 is 19.3 Å². The summed E-state index contributed by atoms with van der Waals surface area (Å²) < 4.78 is 100. The lowest BCUT2D eigenvalue weighted by molar-refractivity contribution is -0.274. The molecule has 0 radical (unpaired) electrons. The summed E-state index contributed by atoms with van der Waals surface area (Å²) in [7, 11) is 0. The van der Waals surface area contributed by atoms with Crippen LogP contribution >= 0.6 is 0 Å². The third kappa shape index (κ3) is 5.59. The molecular formula is C24H18F7NO4. The van der Waals surface area contributed by atoms with Gasteiger partial charge in [-0.3, -0.25) is 4.94 Å². The number of rotatable bonds is 6. The lowest BCUT2D eigenvalue weighted by atomic mass is 9.98. The molecule has 0 saturated carbocycles. The van der Waals surface area contributed by atoms with Crippen LogP contribution in [0.15, 0.2) is 66.7 Å². The third-order valence-corrected chi connectivity index (χ3v) is 5.52. The summed E-state index contributed by atoms with van der Waals surface area (Å²) in [5, 5.41) is 9.84. The second-order valence-electron chi connectivity index (χ2n) is 7.92. The minimum atomic E-state index is -4.92. The number of hydrogen-bond donors (Lipinski definition) is 1. The van der Waals surface area contributed by atoms with Crippen LogP contribution in [0.2, 0.25) is 0 Å². The number of β-amino-alcohol motifs (C(OH)–C–C–N with tert-alkyl or cyclic N) is 1. The van der Waals surface area contributed by atoms with Gasteiger partial charge in [0, 0.05) is 10.1 Å². The number of fused-ring (bicyclic) bond motifs is 1. The van der Waals surface area contributed by atoms with Crippen molar-refractivity contribution in [1.82, 2.24) is 0 Å². The molecule has 1 heterocycles. The Hall–Kier alpha value is -3.67. The highest BCUT2D eigenvalue weighted by Crippen LogP contribution is 2.46. The van der Waals surface area contributed by atoms with Crippen molar-refractivity contribution in [2.45, 2.75) is 24.7 Å². The minimum Gasteiger partial charge on any atom is -0.488 e. The summed E-state index contributed by atoms with van der Waals surface area (Å²) in [6.07, 6.45) is -12.6. The monoisotopic (exact) mass is 517 g/mol. The Bertz CT molecular complexity index is 1220. The molecule has 3 aromatic rings. The summed E-state index contributed by atoms with van der Waals surface area (Å²) >= 11 is 0. The van der Waals surface area contributed by atoms with Crippen LogP contribution in [0.5, 0.6) is 17.2 Å². The number of halogens is 7. The molecule has 2 atom stereocenters. The molecule has 0 aromatic heterocycles. The van der Waals surface area contributed by atoms with Crippen LogP contribution in [-0.4, -0.2) is 36.9 Å². The molecule has 1 aliphatic rings. The van der Waals surface area contributed by atoms with Gasteiger partial charge in [-0.1, -0.05) is 36.4 Å². The average molecular weight is 517 g/mol. The van der Waals surface area contributed by atoms with Crippen molar-refractivity contribution in [1.29, 1.82) is 0 Å². The molecular weight excluding hydrogens is 499 g/mol. The molecule has 0 amide bonds. The van der Waals surface area contributed by atoms with Gasteiger partial charge in [0.25, 0.3) is 0 Å². The smallest absolute Gasteiger partial charge is 0.488 e. The zero-order valence-corrected chi connectivity index (χ0v) is 18.2. The molecule has 0 bridgehead atoms. The highest BCUT2D eigenvalue weighted by atomic mass is 19.4. The largest absolute Gasteiger partial charge is 0.573 e. The van der Waals surface area contributed by atoms with Gasteiger partial charge in [-0.25, -0.2) is 0 Å². The summed E-state index contributed by atoms with van der Waals surface area (Å²) in [6.45, 7) is -1.09. The van der Waals surface area contributed by atoms with Gasteiger partial charge in [0.1, 0.15) is 12.4 Å². The number of anilines is 1. The van der Waals surface area contributed by atoms with E-state index in [4.69, 9.17) is 4.74 Å². The van der Waals surface area contributed by atoms with E-state index in [9.17, 15) is 36.0 Å². The van der Waals surface area contributed by atoms with E-state index in [0.29, 0.717) is 11.1 Å². The first-order chi connectivity index (χ1) is 17.0. The van der Waals surface area contributed by atoms with E-state index in [2.05, 4.69) is 9.68 Å². The normalized spacial score (nSPS) is 16.7. The van der Waals surface area contributed by atoms with E-state index in [-0.39, 0.29) is 29.4 Å². The predicted octanol–water partition coefficient (Wildman–Crippen LogP) is 6.38. The number of aliphatic hydroxyl groups excluding tert-OH is 1. The number of nitrogens with zero attached hydrogens (tertiary/aromatic N) is 1. The van der Waals surface area contributed by atoms with E-state index in [1.807, 2.05) is 0 Å². The standard InChI is InChI=1S/C24H18F7NO4/c25-23(26,27)21(33)12-32-19-9-3-8-18(14-4-1-6-16(10-14)35-24(28,29)30)22(19)34-13-20(32)15-5-2-7-17(11-15)36-31/h1-11,20-21,33H,12-13H2. The number of aliphatic hydroxyl groups is 1. The zero-order chi connectivity index (χ0) is 26.1. The maximum atomic E-state index is 13.3. The fourth-order valence-corrected chi connectivity index (χ4v) is 3.97. The Morgan fingerprint density at radius 1 is 0.944 bits per heavy atom. The molecule has 1 aliphatic heterocycles. The highest BCUT2D eigenvalue weighted by Gasteiger charge is 2.42. The Morgan fingerprint density at radius 2 is 1.64 bits per heavy atom. The first-order valence-electron chi connectivity index (χ1n) is 10.5. The Morgan fingerprint density at radius 3 is 2.33 bits per heavy atom. The fraction of sp³-hybridized carbons (Fsp3) is 0.250. The molecule has 192 valence electrons. The molecule has 1 N–H and O–H groups in total. The molecule has 0 aliphatic carbocycles. The lowest BCUT2D eigenvalue weighted by Crippen LogP contribution is -2.46. The quantitative estimate of drug-likeness (QED) is 0.385. The first kappa shape index (κ1) is 25.4. The van der Waals surface area contributed by atoms with Gasteiger partial charge in [0.15, 0.2) is 17.6 Å². The van der Waals surface area contributed by atoms with Gasteiger partial charge >= 0.3 is 12.5 Å². The molecule has 0 fully saturated rings. The maximum absolute atomic E-state index is 13.3. The molecule has 5 nitrogen and oxygen atoms in total. The van der Waals surface area contributed by atoms with E-state index in [0.717, 1.165) is 12.1 Å². The van der Waals surface area contributed by atoms with Gasteiger partial charge in [0.05, 0.1) is 18.3 Å². The van der Waals surface area contributed by atoms with Crippen molar-refractivity contribution < 1.29 is 50.4 Å². The molecule has 4 rings (SSSR count). The number of para-hydroxylation sites is 1. The fourth-order valence-electron chi connectivity index (χ4n) is 3.97. The Balaban J connectivity index is 1.78. The van der Waals surface area contributed by atoms with Crippen molar-refractivity contribution in [2.75, 3.05) is 18.1 Å². The van der Waals surface area contributed by atoms with Crippen LogP contribution in [0.25, 0.3) is 11.1 Å². The van der Waals surface area contributed by atoms with Crippen molar-refractivity contribution in [3.63, 3.8) is 0 Å². The molecule has 12 heteroatoms. The number of benzene rings is 3. The van der Waals surface area contributed by atoms with E-state index in [1.54, 1.807) is 0 Å². The topological polar surface area (TPSA) is 51.2 Å². The summed E-state index contributed by atoms with van der Waals surface area (Å²) in [6, 6.07) is 14.2. The van der Waals surface area contributed by atoms with Crippen molar-refractivity contribution in [3.8, 4) is 28.4 Å². The minimum absolute atomic E-state index is 0.102. The van der Waals surface area contributed by atoms with Crippen molar-refractivity contribution >= 4 is 5.69 Å². The van der Waals surface area contributed by atoms with Crippen molar-refractivity contribution in [2.24, 2.45) is 0 Å². The van der Waals surface area contributed by atoms with Gasteiger partial charge in [-0.05, 0) is 41.5 Å². The highest BCUT2D eigenvalue weighted by molar-refractivity contribution is 5.80. The second kappa shape index (κ2) is 9.76. The summed E-state index contributed by atoms with van der Waals surface area (Å²) in [5.41, 5.74) is 1.07. The lowest BCUT2D eigenvalue weighted by Gasteiger charge is -2.40. The van der Waals surface area contributed by atoms with Crippen LogP contribution in [0.4, 0.5) is 36.6 Å². The molecule has 36 heavy (non-hydrogen) atoms. The predicted molar refractivity (Wildman–Crippen MR) is 114 cm³/mol. The van der Waals surface area contributed by atoms with Crippen LogP contribution in [-0.2, 0) is 0 Å². The maximum Gasteiger partial charge on any atom is 0.573 e. The third-order valence-electron chi connectivity index (χ3n) is 5.52. The Kier molecular flexibility index (Phi) is 6.90. The van der Waals surface area contributed by atoms with E-state index in [1.165, 1.54) is 59.5 Å². The first-order valence-corrected chi connectivity index (χ1v) is 10.5. The molecule has 3 aromatic carbocycles. The Labute approximate surface area is 200 Å². The van der Waals surface area contributed by atoms with Gasteiger partial charge in [-0.15, -0.1) is 13.2 Å². The van der Waals surface area contributed by atoms with Gasteiger partial charge in [-0.2, -0.15) is 13.2 Å². The van der Waals surface area contributed by atoms with Gasteiger partial charge < -0.3 is 19.5 Å². The number of alkyl halides is 6. The SMILES string of the molecule is OC(CN1c2cccc(-c3cccc(OC(F)(F)F)c3)c2OCC1c1cccc(OF)c1)C(F)(F)F. The molecule has 0 spiro atoms. The van der Waals surface area contributed by atoms with Crippen LogP contribution in [0.1, 0.15) is 11.6 Å². The van der Waals surface area contributed by atoms with Crippen molar-refractivity contribution in [3.05, 3.63) is 72.3 Å². The zero-order valence-electron chi connectivity index (χ0n) is 18.2. The van der Waals surface area contributed by atoms with E-state index >= 15 is 0 Å².